The molecule has 1 aromatic heterocycles. The summed E-state index contributed by atoms with van der Waals surface area (Å²) in [4.78, 5) is 18.0. The molecule has 1 N–H and O–H groups in total. The van der Waals surface area contributed by atoms with Crippen LogP contribution in [0.5, 0.6) is 5.75 Å². The highest BCUT2D eigenvalue weighted by Gasteiger charge is 2.39. The summed E-state index contributed by atoms with van der Waals surface area (Å²) in [5.41, 5.74) is 2.37. The van der Waals surface area contributed by atoms with Gasteiger partial charge in [-0.25, -0.2) is 4.98 Å². The largest absolute Gasteiger partial charge is 0.497 e. The summed E-state index contributed by atoms with van der Waals surface area (Å²) in [6, 6.07) is 26.1. The average molecular weight is 417 g/mol. The number of amides is 1. The number of anilines is 1. The van der Waals surface area contributed by atoms with E-state index in [0.717, 1.165) is 27.1 Å². The van der Waals surface area contributed by atoms with Crippen LogP contribution in [0.3, 0.4) is 0 Å². The summed E-state index contributed by atoms with van der Waals surface area (Å²) in [6.07, 6.45) is 0. The van der Waals surface area contributed by atoms with Gasteiger partial charge in [0.1, 0.15) is 5.75 Å². The first-order chi connectivity index (χ1) is 14.5. The lowest BCUT2D eigenvalue weighted by atomic mass is 9.70. The lowest BCUT2D eigenvalue weighted by Gasteiger charge is -2.33. The van der Waals surface area contributed by atoms with Crippen LogP contribution >= 0.6 is 11.3 Å². The van der Waals surface area contributed by atoms with Crippen LogP contribution < -0.4 is 10.1 Å². The van der Waals surface area contributed by atoms with Gasteiger partial charge in [-0.3, -0.25) is 4.79 Å². The number of nitrogens with one attached hydrogen (secondary N) is 1. The fraction of sp³-hybridized carbons (Fsp3) is 0.200. The third-order valence-electron chi connectivity index (χ3n) is 5.39. The van der Waals surface area contributed by atoms with Gasteiger partial charge in [0.15, 0.2) is 5.13 Å². The molecule has 0 bridgehead atoms. The minimum Gasteiger partial charge on any atom is -0.497 e. The zero-order valence-corrected chi connectivity index (χ0v) is 18.1. The van der Waals surface area contributed by atoms with Gasteiger partial charge in [0.05, 0.1) is 22.7 Å². The SMILES string of the molecule is COc1ccc2nc(NC(=O)C(C)(C)C(c3ccccc3)c3ccccc3)sc2c1. The first kappa shape index (κ1) is 20.1. The number of carbonyl (C=O) groups excluding carboxylic acids is 1. The summed E-state index contributed by atoms with van der Waals surface area (Å²) in [7, 11) is 1.64. The molecule has 152 valence electrons. The van der Waals surface area contributed by atoms with Gasteiger partial charge >= 0.3 is 0 Å². The minimum absolute atomic E-state index is 0.0637. The highest BCUT2D eigenvalue weighted by molar-refractivity contribution is 7.22. The summed E-state index contributed by atoms with van der Waals surface area (Å²) < 4.78 is 6.26. The predicted octanol–water partition coefficient (Wildman–Crippen LogP) is 6.10. The van der Waals surface area contributed by atoms with Crippen molar-refractivity contribution >= 4 is 32.6 Å². The zero-order valence-electron chi connectivity index (χ0n) is 17.3. The molecule has 0 aliphatic heterocycles. The van der Waals surface area contributed by atoms with Gasteiger partial charge in [-0.05, 0) is 29.3 Å². The van der Waals surface area contributed by atoms with Gasteiger partial charge in [-0.1, -0.05) is 85.8 Å². The average Bonchev–Trinajstić information content (AvgIpc) is 3.16. The Morgan fingerprint density at radius 2 is 1.57 bits per heavy atom. The van der Waals surface area contributed by atoms with Gasteiger partial charge < -0.3 is 10.1 Å². The fourth-order valence-electron chi connectivity index (χ4n) is 3.79. The Hall–Kier alpha value is -3.18. The number of carbonyl (C=O) groups is 1. The Morgan fingerprint density at radius 1 is 0.967 bits per heavy atom. The molecule has 0 unspecified atom stereocenters. The smallest absolute Gasteiger partial charge is 0.232 e. The van der Waals surface area contributed by atoms with Crippen molar-refractivity contribution in [3.8, 4) is 5.75 Å². The van der Waals surface area contributed by atoms with Gasteiger partial charge in [0.25, 0.3) is 0 Å². The van der Waals surface area contributed by atoms with E-state index in [1.165, 1.54) is 11.3 Å². The number of benzene rings is 3. The Morgan fingerprint density at radius 3 is 2.13 bits per heavy atom. The number of rotatable bonds is 6. The molecule has 1 heterocycles. The highest BCUT2D eigenvalue weighted by Crippen LogP contribution is 2.42. The highest BCUT2D eigenvalue weighted by atomic mass is 32.1. The number of aromatic nitrogens is 1. The molecule has 4 nitrogen and oxygen atoms in total. The molecule has 0 spiro atoms. The van der Waals surface area contributed by atoms with E-state index in [4.69, 9.17) is 4.74 Å². The fourth-order valence-corrected chi connectivity index (χ4v) is 4.68. The molecule has 0 fully saturated rings. The second-order valence-electron chi connectivity index (χ2n) is 7.78. The Bertz CT molecular complexity index is 1110. The topological polar surface area (TPSA) is 51.2 Å². The molecule has 0 radical (unpaired) electrons. The van der Waals surface area contributed by atoms with E-state index in [9.17, 15) is 4.79 Å². The van der Waals surface area contributed by atoms with Crippen LogP contribution in [0.2, 0.25) is 0 Å². The second-order valence-corrected chi connectivity index (χ2v) is 8.81. The number of methoxy groups -OCH3 is 1. The third-order valence-corrected chi connectivity index (χ3v) is 6.32. The summed E-state index contributed by atoms with van der Waals surface area (Å²) >= 11 is 1.45. The molecule has 3 aromatic carbocycles. The maximum atomic E-state index is 13.5. The third kappa shape index (κ3) is 3.94. The lowest BCUT2D eigenvalue weighted by molar-refractivity contribution is -0.124. The second kappa shape index (κ2) is 8.28. The molecule has 4 aromatic rings. The van der Waals surface area contributed by atoms with E-state index in [1.54, 1.807) is 7.11 Å². The lowest BCUT2D eigenvalue weighted by Crippen LogP contribution is -2.37. The van der Waals surface area contributed by atoms with Crippen molar-refractivity contribution in [2.24, 2.45) is 5.41 Å². The van der Waals surface area contributed by atoms with Crippen LogP contribution in [-0.4, -0.2) is 18.0 Å². The monoisotopic (exact) mass is 416 g/mol. The number of hydrogen-bond acceptors (Lipinski definition) is 4. The summed E-state index contributed by atoms with van der Waals surface area (Å²) in [6.45, 7) is 3.98. The van der Waals surface area contributed by atoms with Crippen molar-refractivity contribution in [3.63, 3.8) is 0 Å². The van der Waals surface area contributed by atoms with Crippen molar-refractivity contribution in [2.45, 2.75) is 19.8 Å². The van der Waals surface area contributed by atoms with Gasteiger partial charge in [-0.15, -0.1) is 0 Å². The number of ether oxygens (including phenoxy) is 1. The number of nitrogens with zero attached hydrogens (tertiary/aromatic N) is 1. The zero-order chi connectivity index (χ0) is 21.1. The van der Waals surface area contributed by atoms with Crippen LogP contribution in [0.4, 0.5) is 5.13 Å². The molecule has 0 atom stereocenters. The van der Waals surface area contributed by atoms with Crippen LogP contribution in [0.25, 0.3) is 10.2 Å². The van der Waals surface area contributed by atoms with Crippen LogP contribution in [0.1, 0.15) is 30.9 Å². The summed E-state index contributed by atoms with van der Waals surface area (Å²) in [5.74, 6) is 0.623. The van der Waals surface area contributed by atoms with Crippen LogP contribution in [0, 0.1) is 5.41 Å². The van der Waals surface area contributed by atoms with Crippen molar-refractivity contribution in [3.05, 3.63) is 90.0 Å². The molecule has 5 heteroatoms. The minimum atomic E-state index is -0.696. The van der Waals surface area contributed by atoms with Crippen molar-refractivity contribution in [1.29, 1.82) is 0 Å². The molecular formula is C25H24N2O2S. The Labute approximate surface area is 180 Å². The van der Waals surface area contributed by atoms with E-state index in [0.29, 0.717) is 5.13 Å². The van der Waals surface area contributed by atoms with E-state index < -0.39 is 5.41 Å². The van der Waals surface area contributed by atoms with Crippen molar-refractivity contribution in [2.75, 3.05) is 12.4 Å². The van der Waals surface area contributed by atoms with Gasteiger partial charge in [0.2, 0.25) is 5.91 Å². The maximum Gasteiger partial charge on any atom is 0.232 e. The molecule has 0 saturated heterocycles. The number of hydrogen-bond donors (Lipinski definition) is 1. The molecular weight excluding hydrogens is 392 g/mol. The van der Waals surface area contributed by atoms with E-state index in [-0.39, 0.29) is 11.8 Å². The van der Waals surface area contributed by atoms with E-state index in [2.05, 4.69) is 34.6 Å². The molecule has 4 rings (SSSR count). The standard InChI is InChI=1S/C25H24N2O2S/c1-25(2,22(17-10-6-4-7-11-17)18-12-8-5-9-13-18)23(28)27-24-26-20-15-14-19(29-3)16-21(20)30-24/h4-16,22H,1-3H3,(H,26,27,28). The molecule has 1 amide bonds. The predicted molar refractivity (Wildman–Crippen MR) is 123 cm³/mol. The van der Waals surface area contributed by atoms with Crippen LogP contribution in [-0.2, 0) is 4.79 Å². The van der Waals surface area contributed by atoms with Gasteiger partial charge in [-0.2, -0.15) is 0 Å². The van der Waals surface area contributed by atoms with Crippen molar-refractivity contribution < 1.29 is 9.53 Å². The first-order valence-corrected chi connectivity index (χ1v) is 10.7. The van der Waals surface area contributed by atoms with E-state index in [1.807, 2.05) is 68.4 Å². The van der Waals surface area contributed by atoms with Crippen LogP contribution in [0.15, 0.2) is 78.9 Å². The molecule has 0 aliphatic carbocycles. The normalized spacial score (nSPS) is 11.6. The Kier molecular flexibility index (Phi) is 5.55. The Balaban J connectivity index is 1.67. The van der Waals surface area contributed by atoms with Gasteiger partial charge in [0, 0.05) is 5.92 Å². The number of thiazole rings is 1. The molecule has 30 heavy (non-hydrogen) atoms. The maximum absolute atomic E-state index is 13.5. The summed E-state index contributed by atoms with van der Waals surface area (Å²) in [5, 5.41) is 3.65. The molecule has 0 aliphatic rings. The number of fused-ring (bicyclic) bond motifs is 1. The quantitative estimate of drug-likeness (QED) is 0.413. The molecule has 0 saturated carbocycles. The van der Waals surface area contributed by atoms with Crippen molar-refractivity contribution in [1.82, 2.24) is 4.98 Å². The first-order valence-electron chi connectivity index (χ1n) is 9.85. The van der Waals surface area contributed by atoms with E-state index >= 15 is 0 Å².